The Hall–Kier alpha value is -1.44. The second kappa shape index (κ2) is 8.06. The normalized spacial score (nSPS) is 27.4. The van der Waals surface area contributed by atoms with Gasteiger partial charge in [-0.1, -0.05) is 13.8 Å². The minimum atomic E-state index is -3.40. The van der Waals surface area contributed by atoms with Gasteiger partial charge in [0.15, 0.2) is 6.54 Å². The number of hydrogen-bond acceptors (Lipinski definition) is 3. The quantitative estimate of drug-likeness (QED) is 0.800. The van der Waals surface area contributed by atoms with Crippen molar-refractivity contribution in [2.75, 3.05) is 38.0 Å². The van der Waals surface area contributed by atoms with Gasteiger partial charge in [-0.2, -0.15) is 4.31 Å². The highest BCUT2D eigenvalue weighted by Gasteiger charge is 2.28. The lowest BCUT2D eigenvalue weighted by molar-refractivity contribution is -0.904. The summed E-state index contributed by atoms with van der Waals surface area (Å²) in [6.45, 7) is 8.20. The van der Waals surface area contributed by atoms with E-state index in [1.165, 1.54) is 15.6 Å². The molecule has 2 fully saturated rings. The van der Waals surface area contributed by atoms with Crippen LogP contribution in [0.1, 0.15) is 33.1 Å². The molecule has 0 aromatic heterocycles. The van der Waals surface area contributed by atoms with Crippen molar-refractivity contribution in [3.05, 3.63) is 24.3 Å². The number of nitrogens with one attached hydrogen (secondary N) is 2. The molecule has 2 N–H and O–H groups in total. The molecule has 2 aliphatic rings. The standard InChI is InChI=1S/C19H29N3O3S/c1-15-11-16(2)13-21(12-15)14-19(23)20-17-5-7-18(8-6-17)26(24,25)22-9-3-4-10-22/h5-8,15-16H,3-4,9-14H2,1-2H3,(H,20,23)/p+1/t15-,16-/m1/s1. The molecule has 26 heavy (non-hydrogen) atoms. The fourth-order valence-corrected chi connectivity index (χ4v) is 5.80. The predicted octanol–water partition coefficient (Wildman–Crippen LogP) is 0.970. The first-order valence-electron chi connectivity index (χ1n) is 9.58. The van der Waals surface area contributed by atoms with Gasteiger partial charge in [-0.25, -0.2) is 8.42 Å². The average molecular weight is 381 g/mol. The fraction of sp³-hybridized carbons (Fsp3) is 0.632. The second-order valence-corrected chi connectivity index (χ2v) is 9.90. The molecule has 2 saturated heterocycles. The van der Waals surface area contributed by atoms with Crippen LogP contribution in [-0.2, 0) is 14.8 Å². The van der Waals surface area contributed by atoms with E-state index in [0.29, 0.717) is 42.1 Å². The Morgan fingerprint density at radius 1 is 1.12 bits per heavy atom. The summed E-state index contributed by atoms with van der Waals surface area (Å²) >= 11 is 0. The molecular weight excluding hydrogens is 350 g/mol. The zero-order valence-corrected chi connectivity index (χ0v) is 16.5. The van der Waals surface area contributed by atoms with Crippen molar-refractivity contribution in [3.8, 4) is 0 Å². The highest BCUT2D eigenvalue weighted by molar-refractivity contribution is 7.89. The van der Waals surface area contributed by atoms with Gasteiger partial charge in [-0.05, 0) is 43.5 Å². The number of anilines is 1. The SMILES string of the molecule is C[C@@H]1C[C@@H](C)C[NH+](CC(=O)Nc2ccc(S(=O)(=O)N3CCCC3)cc2)C1. The summed E-state index contributed by atoms with van der Waals surface area (Å²) in [6, 6.07) is 6.53. The van der Waals surface area contributed by atoms with Crippen LogP contribution in [0.2, 0.25) is 0 Å². The minimum absolute atomic E-state index is 0.0172. The van der Waals surface area contributed by atoms with Crippen molar-refractivity contribution in [2.24, 2.45) is 11.8 Å². The first-order chi connectivity index (χ1) is 12.3. The van der Waals surface area contributed by atoms with Gasteiger partial charge in [0.2, 0.25) is 10.0 Å². The van der Waals surface area contributed by atoms with E-state index in [1.54, 1.807) is 24.3 Å². The molecule has 0 unspecified atom stereocenters. The maximum Gasteiger partial charge on any atom is 0.279 e. The molecule has 144 valence electrons. The molecule has 0 bridgehead atoms. The third-order valence-corrected chi connectivity index (χ3v) is 7.24. The van der Waals surface area contributed by atoms with Gasteiger partial charge in [0, 0.05) is 30.6 Å². The Morgan fingerprint density at radius 3 is 2.27 bits per heavy atom. The maximum atomic E-state index is 12.5. The zero-order chi connectivity index (χ0) is 18.7. The van der Waals surface area contributed by atoms with Crippen LogP contribution in [0, 0.1) is 11.8 Å². The maximum absolute atomic E-state index is 12.5. The molecule has 3 rings (SSSR count). The highest BCUT2D eigenvalue weighted by atomic mass is 32.2. The molecule has 1 aromatic rings. The molecular formula is C19H30N3O3S+. The molecule has 6 nitrogen and oxygen atoms in total. The molecule has 7 heteroatoms. The lowest BCUT2D eigenvalue weighted by Crippen LogP contribution is -3.15. The van der Waals surface area contributed by atoms with Crippen LogP contribution in [-0.4, -0.2) is 51.4 Å². The van der Waals surface area contributed by atoms with E-state index in [1.807, 2.05) is 0 Å². The number of hydrogen-bond donors (Lipinski definition) is 2. The molecule has 2 atom stereocenters. The first-order valence-corrected chi connectivity index (χ1v) is 11.0. The highest BCUT2D eigenvalue weighted by Crippen LogP contribution is 2.22. The van der Waals surface area contributed by atoms with Gasteiger partial charge < -0.3 is 10.2 Å². The molecule has 1 amide bonds. The Balaban J connectivity index is 1.58. The van der Waals surface area contributed by atoms with Crippen molar-refractivity contribution in [1.29, 1.82) is 0 Å². The van der Waals surface area contributed by atoms with Crippen molar-refractivity contribution >= 4 is 21.6 Å². The van der Waals surface area contributed by atoms with E-state index >= 15 is 0 Å². The zero-order valence-electron chi connectivity index (χ0n) is 15.7. The Bertz CT molecular complexity index is 717. The van der Waals surface area contributed by atoms with E-state index in [9.17, 15) is 13.2 Å². The van der Waals surface area contributed by atoms with Gasteiger partial charge in [0.1, 0.15) is 0 Å². The third kappa shape index (κ3) is 4.64. The summed E-state index contributed by atoms with van der Waals surface area (Å²) in [5.74, 6) is 1.28. The predicted molar refractivity (Wildman–Crippen MR) is 102 cm³/mol. The third-order valence-electron chi connectivity index (χ3n) is 5.33. The van der Waals surface area contributed by atoms with Gasteiger partial charge in [-0.3, -0.25) is 4.79 Å². The van der Waals surface area contributed by atoms with Crippen molar-refractivity contribution in [3.63, 3.8) is 0 Å². The van der Waals surface area contributed by atoms with Crippen LogP contribution in [0.4, 0.5) is 5.69 Å². The van der Waals surface area contributed by atoms with E-state index < -0.39 is 10.0 Å². The van der Waals surface area contributed by atoms with Gasteiger partial charge in [0.25, 0.3) is 5.91 Å². The number of sulfonamides is 1. The Kier molecular flexibility index (Phi) is 5.99. The minimum Gasteiger partial charge on any atom is -0.327 e. The number of rotatable bonds is 5. The average Bonchev–Trinajstić information content (AvgIpc) is 3.09. The monoisotopic (exact) mass is 380 g/mol. The van der Waals surface area contributed by atoms with Gasteiger partial charge >= 0.3 is 0 Å². The summed E-state index contributed by atoms with van der Waals surface area (Å²) in [6.07, 6.45) is 3.07. The Morgan fingerprint density at radius 2 is 1.69 bits per heavy atom. The smallest absolute Gasteiger partial charge is 0.279 e. The summed E-state index contributed by atoms with van der Waals surface area (Å²) in [4.78, 5) is 13.9. The summed E-state index contributed by atoms with van der Waals surface area (Å²) < 4.78 is 26.6. The van der Waals surface area contributed by atoms with Crippen LogP contribution in [0.25, 0.3) is 0 Å². The Labute approximate surface area is 156 Å². The number of nitrogens with zero attached hydrogens (tertiary/aromatic N) is 1. The van der Waals surface area contributed by atoms with Crippen molar-refractivity contribution in [1.82, 2.24) is 4.31 Å². The molecule has 2 heterocycles. The number of amides is 1. The number of piperidine rings is 1. The fourth-order valence-electron chi connectivity index (χ4n) is 4.29. The molecule has 0 radical (unpaired) electrons. The van der Waals surface area contributed by atoms with E-state index in [-0.39, 0.29) is 5.91 Å². The summed E-state index contributed by atoms with van der Waals surface area (Å²) in [7, 11) is -3.40. The lowest BCUT2D eigenvalue weighted by atomic mass is 9.92. The van der Waals surface area contributed by atoms with Crippen LogP contribution in [0.3, 0.4) is 0 Å². The summed E-state index contributed by atoms with van der Waals surface area (Å²) in [5.41, 5.74) is 0.646. The number of benzene rings is 1. The van der Waals surface area contributed by atoms with Crippen molar-refractivity contribution in [2.45, 2.75) is 38.0 Å². The van der Waals surface area contributed by atoms with E-state index in [2.05, 4.69) is 19.2 Å². The number of likely N-dealkylation sites (tertiary alicyclic amines) is 1. The van der Waals surface area contributed by atoms with Crippen molar-refractivity contribution < 1.29 is 18.1 Å². The molecule has 0 saturated carbocycles. The van der Waals surface area contributed by atoms with Crippen LogP contribution >= 0.6 is 0 Å². The van der Waals surface area contributed by atoms with Crippen LogP contribution in [0.15, 0.2) is 29.2 Å². The molecule has 2 aliphatic heterocycles. The number of carbonyl (C=O) groups is 1. The first kappa shape index (κ1) is 19.3. The van der Waals surface area contributed by atoms with Crippen LogP contribution < -0.4 is 10.2 Å². The number of quaternary nitrogens is 1. The van der Waals surface area contributed by atoms with Gasteiger partial charge in [-0.15, -0.1) is 0 Å². The largest absolute Gasteiger partial charge is 0.327 e. The topological polar surface area (TPSA) is 70.9 Å². The van der Waals surface area contributed by atoms with E-state index in [4.69, 9.17) is 0 Å². The van der Waals surface area contributed by atoms with Gasteiger partial charge in [0.05, 0.1) is 18.0 Å². The molecule has 0 spiro atoms. The number of carbonyl (C=O) groups excluding carboxylic acids is 1. The van der Waals surface area contributed by atoms with Crippen LogP contribution in [0.5, 0.6) is 0 Å². The summed E-state index contributed by atoms with van der Waals surface area (Å²) in [5, 5.41) is 2.90. The van der Waals surface area contributed by atoms with E-state index in [0.717, 1.165) is 25.9 Å². The molecule has 1 aromatic carbocycles. The molecule has 0 aliphatic carbocycles. The lowest BCUT2D eigenvalue weighted by Gasteiger charge is -2.31. The second-order valence-electron chi connectivity index (χ2n) is 7.96.